The second-order valence-corrected chi connectivity index (χ2v) is 9.57. The molecule has 6 nitrogen and oxygen atoms in total. The van der Waals surface area contributed by atoms with E-state index in [1.807, 2.05) is 19.9 Å². The summed E-state index contributed by atoms with van der Waals surface area (Å²) in [5.41, 5.74) is 2.16. The molecule has 1 aromatic heterocycles. The predicted octanol–water partition coefficient (Wildman–Crippen LogP) is 5.76. The number of aromatic nitrogens is 1. The first-order chi connectivity index (χ1) is 17.2. The van der Waals surface area contributed by atoms with Gasteiger partial charge in [0.15, 0.2) is 12.4 Å². The molecule has 0 aliphatic rings. The van der Waals surface area contributed by atoms with Gasteiger partial charge < -0.3 is 10.2 Å². The van der Waals surface area contributed by atoms with Crippen LogP contribution in [-0.2, 0) is 13.9 Å². The van der Waals surface area contributed by atoms with E-state index in [1.54, 1.807) is 24.3 Å². The number of aliphatic carboxylic acids is 1. The van der Waals surface area contributed by atoms with Crippen LogP contribution in [0.15, 0.2) is 54.6 Å². The standard InChI is InChI=1S/C27H24F2NO5P/c1-17(2)26-22(9-6-14-35-36(34)16-21(31)15-23(32)33)24(18-10-12-20(28)13-11-18)25(29)27(30-26)19-7-4-3-5-8-19/h3-5,7-8,10-13,17,21,31H,14-16H2,1-2H3/p+1/t21-/m0/s1. The van der Waals surface area contributed by atoms with E-state index in [-0.39, 0.29) is 29.9 Å². The second kappa shape index (κ2) is 12.5. The van der Waals surface area contributed by atoms with Gasteiger partial charge in [-0.3, -0.25) is 4.79 Å². The van der Waals surface area contributed by atoms with Crippen molar-refractivity contribution in [3.8, 4) is 34.2 Å². The minimum absolute atomic E-state index is 0.139. The number of carboxylic acid groups (broad SMARTS) is 1. The van der Waals surface area contributed by atoms with Crippen molar-refractivity contribution in [1.29, 1.82) is 0 Å². The Hall–Kier alpha value is -3.50. The molecule has 1 heterocycles. The zero-order valence-corrected chi connectivity index (χ0v) is 20.6. The van der Waals surface area contributed by atoms with Crippen molar-refractivity contribution in [2.45, 2.75) is 32.3 Å². The average molecular weight is 512 g/mol. The number of hydrogen-bond acceptors (Lipinski definition) is 5. The Morgan fingerprint density at radius 2 is 1.75 bits per heavy atom. The summed E-state index contributed by atoms with van der Waals surface area (Å²) in [6.45, 7) is 3.50. The number of nitrogens with zero attached hydrogens (tertiary/aromatic N) is 1. The highest BCUT2D eigenvalue weighted by atomic mass is 31.1. The molecule has 3 rings (SSSR count). The Balaban J connectivity index is 2.02. The molecular weight excluding hydrogens is 487 g/mol. The van der Waals surface area contributed by atoms with Crippen molar-refractivity contribution in [2.24, 2.45) is 0 Å². The minimum Gasteiger partial charge on any atom is -0.481 e. The topological polar surface area (TPSA) is 96.7 Å². The molecule has 2 atom stereocenters. The van der Waals surface area contributed by atoms with Gasteiger partial charge in [-0.25, -0.2) is 13.8 Å². The first-order valence-corrected chi connectivity index (χ1v) is 12.5. The molecule has 0 amide bonds. The van der Waals surface area contributed by atoms with Gasteiger partial charge in [0.1, 0.15) is 17.6 Å². The van der Waals surface area contributed by atoms with Gasteiger partial charge in [-0.2, -0.15) is 0 Å². The van der Waals surface area contributed by atoms with E-state index in [4.69, 9.17) is 9.63 Å². The lowest BCUT2D eigenvalue weighted by molar-refractivity contribution is -0.138. The maximum absolute atomic E-state index is 16.0. The lowest BCUT2D eigenvalue weighted by atomic mass is 9.92. The van der Waals surface area contributed by atoms with Crippen LogP contribution in [0.2, 0.25) is 0 Å². The van der Waals surface area contributed by atoms with Gasteiger partial charge in [0.25, 0.3) is 0 Å². The van der Waals surface area contributed by atoms with Gasteiger partial charge in [-0.15, -0.1) is 4.52 Å². The first kappa shape index (κ1) is 27.1. The van der Waals surface area contributed by atoms with Crippen molar-refractivity contribution in [2.75, 3.05) is 12.8 Å². The van der Waals surface area contributed by atoms with Gasteiger partial charge >= 0.3 is 14.0 Å². The van der Waals surface area contributed by atoms with Crippen LogP contribution in [-0.4, -0.2) is 40.0 Å². The monoisotopic (exact) mass is 512 g/mol. The molecule has 9 heteroatoms. The summed E-state index contributed by atoms with van der Waals surface area (Å²) < 4.78 is 46.7. The van der Waals surface area contributed by atoms with Gasteiger partial charge in [-0.05, 0) is 28.2 Å². The number of hydrogen-bond donors (Lipinski definition) is 2. The zero-order chi connectivity index (χ0) is 26.2. The van der Waals surface area contributed by atoms with Crippen LogP contribution in [0.1, 0.15) is 37.4 Å². The quantitative estimate of drug-likeness (QED) is 0.279. The Bertz CT molecular complexity index is 1300. The number of pyridine rings is 1. The molecule has 0 bridgehead atoms. The molecule has 3 aromatic rings. The fraction of sp³-hybridized carbons (Fsp3) is 0.259. The van der Waals surface area contributed by atoms with Gasteiger partial charge in [0.05, 0.1) is 17.7 Å². The summed E-state index contributed by atoms with van der Waals surface area (Å²) in [6.07, 6.45) is -2.20. The maximum atomic E-state index is 16.0. The van der Waals surface area contributed by atoms with Crippen molar-refractivity contribution >= 4 is 14.0 Å². The maximum Gasteiger partial charge on any atom is 0.511 e. The van der Waals surface area contributed by atoms with Crippen LogP contribution in [0.4, 0.5) is 8.78 Å². The third kappa shape index (κ3) is 7.02. The third-order valence-corrected chi connectivity index (χ3v) is 6.29. The van der Waals surface area contributed by atoms with Gasteiger partial charge in [-0.1, -0.05) is 68.2 Å². The van der Waals surface area contributed by atoms with Crippen molar-refractivity contribution in [1.82, 2.24) is 4.98 Å². The minimum atomic E-state index is -2.35. The number of benzene rings is 2. The van der Waals surface area contributed by atoms with Crippen molar-refractivity contribution in [3.05, 3.63) is 77.5 Å². The molecule has 0 radical (unpaired) electrons. The Kier molecular flexibility index (Phi) is 9.38. The highest BCUT2D eigenvalue weighted by molar-refractivity contribution is 7.39. The molecule has 0 spiro atoms. The summed E-state index contributed by atoms with van der Waals surface area (Å²) in [4.78, 5) is 15.2. The predicted molar refractivity (Wildman–Crippen MR) is 133 cm³/mol. The third-order valence-electron chi connectivity index (χ3n) is 5.16. The van der Waals surface area contributed by atoms with E-state index in [2.05, 4.69) is 16.8 Å². The molecular formula is C27H25F2NO5P+. The molecule has 186 valence electrons. The van der Waals surface area contributed by atoms with Crippen LogP contribution in [0.25, 0.3) is 22.4 Å². The normalized spacial score (nSPS) is 12.1. The molecule has 0 saturated heterocycles. The van der Waals surface area contributed by atoms with E-state index >= 15 is 4.39 Å². The summed E-state index contributed by atoms with van der Waals surface area (Å²) >= 11 is 0. The zero-order valence-electron chi connectivity index (χ0n) is 19.7. The number of carbonyl (C=O) groups is 1. The average Bonchev–Trinajstić information content (AvgIpc) is 2.82. The fourth-order valence-electron chi connectivity index (χ4n) is 3.52. The first-order valence-electron chi connectivity index (χ1n) is 11.2. The van der Waals surface area contributed by atoms with E-state index < -0.39 is 38.2 Å². The van der Waals surface area contributed by atoms with Crippen LogP contribution in [0.3, 0.4) is 0 Å². The Labute approximate surface area is 208 Å². The lowest BCUT2D eigenvalue weighted by Gasteiger charge is -2.17. The molecule has 0 aliphatic heterocycles. The molecule has 2 aromatic carbocycles. The van der Waals surface area contributed by atoms with E-state index in [0.717, 1.165) is 0 Å². The smallest absolute Gasteiger partial charge is 0.481 e. The largest absolute Gasteiger partial charge is 0.511 e. The van der Waals surface area contributed by atoms with Crippen molar-refractivity contribution < 1.29 is 32.9 Å². The highest BCUT2D eigenvalue weighted by Gasteiger charge is 2.25. The Morgan fingerprint density at radius 1 is 1.08 bits per heavy atom. The molecule has 36 heavy (non-hydrogen) atoms. The van der Waals surface area contributed by atoms with E-state index in [1.165, 1.54) is 24.3 Å². The number of halogens is 2. The SMILES string of the molecule is CC(C)c1nc(-c2ccccc2)c(F)c(-c2ccc(F)cc2)c1C#CCO[P+](=O)C[C@@H](O)CC(=O)O. The van der Waals surface area contributed by atoms with Gasteiger partial charge in [0.2, 0.25) is 6.16 Å². The lowest BCUT2D eigenvalue weighted by Crippen LogP contribution is -2.15. The number of carboxylic acids is 1. The van der Waals surface area contributed by atoms with Crippen LogP contribution in [0.5, 0.6) is 0 Å². The summed E-state index contributed by atoms with van der Waals surface area (Å²) in [7, 11) is -2.35. The number of aliphatic hydroxyl groups is 1. The molecule has 2 N–H and O–H groups in total. The number of aliphatic hydroxyl groups excluding tert-OH is 1. The van der Waals surface area contributed by atoms with E-state index in [0.29, 0.717) is 22.4 Å². The molecule has 0 saturated carbocycles. The molecule has 0 aliphatic carbocycles. The van der Waals surface area contributed by atoms with Crippen LogP contribution < -0.4 is 0 Å². The molecule has 1 unspecified atom stereocenters. The van der Waals surface area contributed by atoms with Gasteiger partial charge in [0, 0.05) is 11.1 Å². The summed E-state index contributed by atoms with van der Waals surface area (Å²) in [5.74, 6) is 3.17. The second-order valence-electron chi connectivity index (χ2n) is 8.28. The fourth-order valence-corrected chi connectivity index (χ4v) is 4.31. The van der Waals surface area contributed by atoms with Crippen LogP contribution in [0, 0.1) is 23.5 Å². The highest BCUT2D eigenvalue weighted by Crippen LogP contribution is 2.36. The van der Waals surface area contributed by atoms with E-state index in [9.17, 15) is 18.9 Å². The summed E-state index contributed by atoms with van der Waals surface area (Å²) in [6, 6.07) is 14.3. The van der Waals surface area contributed by atoms with Crippen molar-refractivity contribution in [3.63, 3.8) is 0 Å². The summed E-state index contributed by atoms with van der Waals surface area (Å²) in [5, 5.41) is 18.3. The number of rotatable bonds is 9. The molecule has 0 fully saturated rings. The Morgan fingerprint density at radius 3 is 2.36 bits per heavy atom. The van der Waals surface area contributed by atoms with Crippen LogP contribution >= 0.6 is 8.03 Å².